The third-order valence-electron chi connectivity index (χ3n) is 3.09. The van der Waals surface area contributed by atoms with Gasteiger partial charge >= 0.3 is 5.63 Å². The van der Waals surface area contributed by atoms with Crippen LogP contribution >= 0.6 is 0 Å². The zero-order valence-electron chi connectivity index (χ0n) is 10.4. The van der Waals surface area contributed by atoms with Crippen molar-refractivity contribution in [3.8, 4) is 16.9 Å². The smallest absolute Gasteiger partial charge is 0.336 e. The van der Waals surface area contributed by atoms with E-state index >= 15 is 0 Å². The molecular formula is C16H12O3. The van der Waals surface area contributed by atoms with E-state index in [4.69, 9.17) is 4.42 Å². The zero-order valence-corrected chi connectivity index (χ0v) is 10.4. The van der Waals surface area contributed by atoms with E-state index in [0.29, 0.717) is 5.58 Å². The van der Waals surface area contributed by atoms with Crippen LogP contribution in [0.25, 0.3) is 22.1 Å². The van der Waals surface area contributed by atoms with E-state index in [1.807, 2.05) is 31.2 Å². The molecule has 1 heterocycles. The van der Waals surface area contributed by atoms with Gasteiger partial charge in [0.15, 0.2) is 0 Å². The molecule has 19 heavy (non-hydrogen) atoms. The molecule has 0 fully saturated rings. The first kappa shape index (κ1) is 11.5. The molecule has 1 aromatic heterocycles. The minimum atomic E-state index is -0.423. The van der Waals surface area contributed by atoms with Crippen LogP contribution in [-0.2, 0) is 0 Å². The number of benzene rings is 2. The van der Waals surface area contributed by atoms with Crippen molar-refractivity contribution in [2.24, 2.45) is 0 Å². The third-order valence-corrected chi connectivity index (χ3v) is 3.09. The number of aryl methyl sites for hydroxylation is 1. The minimum Gasteiger partial charge on any atom is -0.508 e. The van der Waals surface area contributed by atoms with E-state index in [0.717, 1.165) is 22.1 Å². The van der Waals surface area contributed by atoms with Crippen molar-refractivity contribution >= 4 is 11.0 Å². The molecule has 0 amide bonds. The maximum Gasteiger partial charge on any atom is 0.336 e. The molecule has 0 saturated heterocycles. The summed E-state index contributed by atoms with van der Waals surface area (Å²) in [6.45, 7) is 2.01. The molecule has 3 nitrogen and oxygen atoms in total. The van der Waals surface area contributed by atoms with Crippen molar-refractivity contribution in [1.29, 1.82) is 0 Å². The van der Waals surface area contributed by atoms with Gasteiger partial charge in [0, 0.05) is 17.5 Å². The lowest BCUT2D eigenvalue weighted by Gasteiger charge is -2.06. The minimum absolute atomic E-state index is 0.0803. The fourth-order valence-corrected chi connectivity index (χ4v) is 2.12. The summed E-state index contributed by atoms with van der Waals surface area (Å²) in [7, 11) is 0. The monoisotopic (exact) mass is 252 g/mol. The average molecular weight is 252 g/mol. The molecule has 0 atom stereocenters. The number of fused-ring (bicyclic) bond motifs is 1. The second-order valence-corrected chi connectivity index (χ2v) is 4.53. The number of rotatable bonds is 1. The number of phenolic OH excluding ortho intramolecular Hbond substituents is 1. The van der Waals surface area contributed by atoms with Gasteiger partial charge in [-0.05, 0) is 30.2 Å². The van der Waals surface area contributed by atoms with E-state index in [2.05, 4.69) is 0 Å². The first-order valence-corrected chi connectivity index (χ1v) is 5.97. The van der Waals surface area contributed by atoms with Crippen LogP contribution in [0.15, 0.2) is 57.7 Å². The molecule has 0 radical (unpaired) electrons. The van der Waals surface area contributed by atoms with E-state index in [-0.39, 0.29) is 5.75 Å². The third kappa shape index (κ3) is 2.10. The quantitative estimate of drug-likeness (QED) is 0.674. The summed E-state index contributed by atoms with van der Waals surface area (Å²) < 4.78 is 5.11. The topological polar surface area (TPSA) is 50.4 Å². The van der Waals surface area contributed by atoms with Crippen molar-refractivity contribution in [1.82, 2.24) is 0 Å². The first-order chi connectivity index (χ1) is 9.13. The number of aromatic hydroxyl groups is 1. The molecule has 3 aromatic rings. The van der Waals surface area contributed by atoms with E-state index < -0.39 is 5.63 Å². The highest BCUT2D eigenvalue weighted by atomic mass is 16.4. The molecule has 0 aliphatic carbocycles. The summed E-state index contributed by atoms with van der Waals surface area (Å²) in [5, 5.41) is 10.3. The van der Waals surface area contributed by atoms with Gasteiger partial charge in [-0.25, -0.2) is 4.79 Å². The molecule has 0 unspecified atom stereocenters. The number of phenols is 1. The van der Waals surface area contributed by atoms with Gasteiger partial charge in [0.1, 0.15) is 11.3 Å². The largest absolute Gasteiger partial charge is 0.508 e. The average Bonchev–Trinajstić information content (AvgIpc) is 2.38. The molecule has 0 spiro atoms. The highest BCUT2D eigenvalue weighted by Gasteiger charge is 2.08. The highest BCUT2D eigenvalue weighted by molar-refractivity contribution is 5.93. The van der Waals surface area contributed by atoms with Gasteiger partial charge < -0.3 is 9.52 Å². The van der Waals surface area contributed by atoms with Crippen LogP contribution in [0, 0.1) is 6.92 Å². The maximum atomic E-state index is 11.6. The summed E-state index contributed by atoms with van der Waals surface area (Å²) in [6.07, 6.45) is 0. The van der Waals surface area contributed by atoms with Crippen LogP contribution in [0.4, 0.5) is 0 Å². The Hall–Kier alpha value is -2.55. The van der Waals surface area contributed by atoms with Gasteiger partial charge in [0.05, 0.1) is 0 Å². The van der Waals surface area contributed by atoms with Gasteiger partial charge in [-0.2, -0.15) is 0 Å². The maximum absolute atomic E-state index is 11.6. The standard InChI is InChI=1S/C16H12O3/c1-10-2-4-11(5-3-10)14-9-16(18)19-15-8-12(17)6-7-13(14)15/h2-9,17H,1H3. The van der Waals surface area contributed by atoms with Crippen molar-refractivity contribution in [2.45, 2.75) is 6.92 Å². The SMILES string of the molecule is Cc1ccc(-c2cc(=O)oc3cc(O)ccc23)cc1. The Morgan fingerprint density at radius 3 is 2.47 bits per heavy atom. The van der Waals surface area contributed by atoms with Crippen LogP contribution in [-0.4, -0.2) is 5.11 Å². The zero-order chi connectivity index (χ0) is 13.4. The van der Waals surface area contributed by atoms with Crippen LogP contribution in [0.3, 0.4) is 0 Å². The fraction of sp³-hybridized carbons (Fsp3) is 0.0625. The second-order valence-electron chi connectivity index (χ2n) is 4.53. The van der Waals surface area contributed by atoms with Crippen molar-refractivity contribution < 1.29 is 9.52 Å². The molecule has 0 aliphatic heterocycles. The number of hydrogen-bond donors (Lipinski definition) is 1. The van der Waals surface area contributed by atoms with Crippen LogP contribution in [0.5, 0.6) is 5.75 Å². The Balaban J connectivity index is 2.34. The fourth-order valence-electron chi connectivity index (χ4n) is 2.12. The molecule has 0 aliphatic rings. The van der Waals surface area contributed by atoms with Crippen molar-refractivity contribution in [2.75, 3.05) is 0 Å². The molecule has 0 bridgehead atoms. The summed E-state index contributed by atoms with van der Waals surface area (Å²) >= 11 is 0. The van der Waals surface area contributed by atoms with Crippen LogP contribution in [0.2, 0.25) is 0 Å². The van der Waals surface area contributed by atoms with Gasteiger partial charge in [-0.15, -0.1) is 0 Å². The molecule has 0 saturated carbocycles. The van der Waals surface area contributed by atoms with Gasteiger partial charge in [-0.3, -0.25) is 0 Å². The van der Waals surface area contributed by atoms with E-state index in [1.54, 1.807) is 12.1 Å². The van der Waals surface area contributed by atoms with Crippen molar-refractivity contribution in [3.05, 3.63) is 64.5 Å². The van der Waals surface area contributed by atoms with Gasteiger partial charge in [0.25, 0.3) is 0 Å². The van der Waals surface area contributed by atoms with Crippen molar-refractivity contribution in [3.63, 3.8) is 0 Å². The van der Waals surface area contributed by atoms with Crippen LogP contribution in [0.1, 0.15) is 5.56 Å². The Morgan fingerprint density at radius 1 is 1.00 bits per heavy atom. The Morgan fingerprint density at radius 2 is 1.74 bits per heavy atom. The predicted octanol–water partition coefficient (Wildman–Crippen LogP) is 3.47. The lowest BCUT2D eigenvalue weighted by molar-refractivity contribution is 0.473. The van der Waals surface area contributed by atoms with Crippen LogP contribution < -0.4 is 5.63 Å². The molecule has 2 aromatic carbocycles. The first-order valence-electron chi connectivity index (χ1n) is 5.97. The Bertz CT molecular complexity index is 798. The summed E-state index contributed by atoms with van der Waals surface area (Å²) in [6, 6.07) is 14.2. The molecule has 3 heteroatoms. The predicted molar refractivity (Wildman–Crippen MR) is 74.3 cm³/mol. The molecular weight excluding hydrogens is 240 g/mol. The van der Waals surface area contributed by atoms with Gasteiger partial charge in [0.2, 0.25) is 0 Å². The molecule has 1 N–H and O–H groups in total. The van der Waals surface area contributed by atoms with E-state index in [9.17, 15) is 9.90 Å². The Labute approximate surface area is 109 Å². The Kier molecular flexibility index (Phi) is 2.60. The molecule has 94 valence electrons. The second kappa shape index (κ2) is 4.28. The highest BCUT2D eigenvalue weighted by Crippen LogP contribution is 2.29. The number of hydrogen-bond acceptors (Lipinski definition) is 3. The summed E-state index contributed by atoms with van der Waals surface area (Å²) in [5.41, 5.74) is 2.89. The normalized spacial score (nSPS) is 10.8. The van der Waals surface area contributed by atoms with Gasteiger partial charge in [-0.1, -0.05) is 29.8 Å². The lowest BCUT2D eigenvalue weighted by Crippen LogP contribution is -1.98. The summed E-state index contributed by atoms with van der Waals surface area (Å²) in [4.78, 5) is 11.6. The molecule has 3 rings (SSSR count). The summed E-state index contributed by atoms with van der Waals surface area (Å²) in [5.74, 6) is 0.0803. The lowest BCUT2D eigenvalue weighted by atomic mass is 10.0. The van der Waals surface area contributed by atoms with E-state index in [1.165, 1.54) is 12.1 Å².